The Labute approximate surface area is 142 Å². The molecule has 4 nitrogen and oxygen atoms in total. The Morgan fingerprint density at radius 3 is 2.77 bits per heavy atom. The van der Waals surface area contributed by atoms with Crippen LogP contribution in [0.3, 0.4) is 0 Å². The highest BCUT2D eigenvalue weighted by atomic mass is 35.5. The van der Waals surface area contributed by atoms with Crippen LogP contribution in [-0.4, -0.2) is 10.9 Å². The highest BCUT2D eigenvalue weighted by Gasteiger charge is 2.11. The molecule has 0 aliphatic carbocycles. The Morgan fingerprint density at radius 2 is 2.00 bits per heavy atom. The van der Waals surface area contributed by atoms with Crippen LogP contribution in [-0.2, 0) is 19.6 Å². The molecule has 0 radical (unpaired) electrons. The molecule has 1 aromatic heterocycles. The van der Waals surface area contributed by atoms with Gasteiger partial charge in [-0.3, -0.25) is 9.78 Å². The first-order valence-electron chi connectivity index (χ1n) is 6.75. The Bertz CT molecular complexity index is 662. The van der Waals surface area contributed by atoms with Crippen molar-refractivity contribution in [1.29, 1.82) is 0 Å². The van der Waals surface area contributed by atoms with E-state index in [4.69, 9.17) is 0 Å². The minimum absolute atomic E-state index is 0. The summed E-state index contributed by atoms with van der Waals surface area (Å²) in [5.74, 6) is -0.0748. The number of fused-ring (bicyclic) bond motifs is 1. The van der Waals surface area contributed by atoms with Gasteiger partial charge >= 0.3 is 0 Å². The molecule has 2 aromatic rings. The fraction of sp³-hybridized carbons (Fsp3) is 0.250. The summed E-state index contributed by atoms with van der Waals surface area (Å²) in [5.41, 5.74) is 5.19. The lowest BCUT2D eigenvalue weighted by atomic mass is 10.1. The molecular weight excluding hydrogens is 321 g/mol. The molecule has 22 heavy (non-hydrogen) atoms. The third kappa shape index (κ3) is 3.97. The summed E-state index contributed by atoms with van der Waals surface area (Å²) in [6.45, 7) is 4.24. The molecule has 3 rings (SSSR count). The maximum atomic E-state index is 12.1. The summed E-state index contributed by atoms with van der Waals surface area (Å²) < 4.78 is 0. The predicted molar refractivity (Wildman–Crippen MR) is 91.6 cm³/mol. The SMILES string of the molecule is Cc1ncccc1C(=O)NCc1ccc2c(c1)CNC2.Cl.Cl. The highest BCUT2D eigenvalue weighted by Crippen LogP contribution is 2.17. The lowest BCUT2D eigenvalue weighted by molar-refractivity contribution is 0.0950. The van der Waals surface area contributed by atoms with Gasteiger partial charge in [0.2, 0.25) is 0 Å². The molecule has 0 spiro atoms. The van der Waals surface area contributed by atoms with E-state index >= 15 is 0 Å². The molecule has 0 bridgehead atoms. The van der Waals surface area contributed by atoms with Gasteiger partial charge in [-0.15, -0.1) is 24.8 Å². The van der Waals surface area contributed by atoms with E-state index in [0.717, 1.165) is 24.3 Å². The predicted octanol–water partition coefficient (Wildman–Crippen LogP) is 2.77. The number of pyridine rings is 1. The Morgan fingerprint density at radius 1 is 1.23 bits per heavy atom. The standard InChI is InChI=1S/C16H17N3O.2ClH/c1-11-15(3-2-6-18-11)16(20)19-8-12-4-5-13-9-17-10-14(13)7-12;;/h2-7,17H,8-10H2,1H3,(H,19,20);2*1H. The van der Waals surface area contributed by atoms with Crippen LogP contribution in [0.5, 0.6) is 0 Å². The van der Waals surface area contributed by atoms with Gasteiger partial charge in [0, 0.05) is 31.5 Å². The second-order valence-electron chi connectivity index (χ2n) is 5.03. The molecule has 2 heterocycles. The number of rotatable bonds is 3. The lowest BCUT2D eigenvalue weighted by Gasteiger charge is -2.08. The maximum Gasteiger partial charge on any atom is 0.253 e. The summed E-state index contributed by atoms with van der Waals surface area (Å²) in [7, 11) is 0. The van der Waals surface area contributed by atoms with E-state index < -0.39 is 0 Å². The van der Waals surface area contributed by atoms with Crippen LogP contribution in [0.4, 0.5) is 0 Å². The van der Waals surface area contributed by atoms with E-state index in [9.17, 15) is 4.79 Å². The molecule has 2 N–H and O–H groups in total. The van der Waals surface area contributed by atoms with E-state index in [0.29, 0.717) is 12.1 Å². The van der Waals surface area contributed by atoms with Crippen molar-refractivity contribution in [1.82, 2.24) is 15.6 Å². The van der Waals surface area contributed by atoms with Crippen LogP contribution in [0.25, 0.3) is 0 Å². The number of aryl methyl sites for hydroxylation is 1. The van der Waals surface area contributed by atoms with Gasteiger partial charge in [-0.25, -0.2) is 0 Å². The third-order valence-corrected chi connectivity index (χ3v) is 3.61. The van der Waals surface area contributed by atoms with Crippen LogP contribution in [0.1, 0.15) is 32.7 Å². The minimum atomic E-state index is -0.0748. The van der Waals surface area contributed by atoms with Gasteiger partial charge in [-0.2, -0.15) is 0 Å². The van der Waals surface area contributed by atoms with Crippen LogP contribution in [0, 0.1) is 6.92 Å². The summed E-state index contributed by atoms with van der Waals surface area (Å²) in [5, 5.41) is 6.27. The number of benzene rings is 1. The van der Waals surface area contributed by atoms with E-state index in [1.807, 2.05) is 6.92 Å². The molecule has 0 saturated carbocycles. The maximum absolute atomic E-state index is 12.1. The van der Waals surface area contributed by atoms with Gasteiger partial charge in [0.15, 0.2) is 0 Å². The van der Waals surface area contributed by atoms with Crippen LogP contribution >= 0.6 is 24.8 Å². The number of nitrogens with one attached hydrogen (secondary N) is 2. The molecule has 1 aromatic carbocycles. The van der Waals surface area contributed by atoms with Crippen molar-refractivity contribution >= 4 is 30.7 Å². The first-order chi connectivity index (χ1) is 9.74. The van der Waals surface area contributed by atoms with E-state index in [-0.39, 0.29) is 30.7 Å². The number of hydrogen-bond donors (Lipinski definition) is 2. The van der Waals surface area contributed by atoms with Crippen LogP contribution in [0.15, 0.2) is 36.5 Å². The van der Waals surface area contributed by atoms with Crippen LogP contribution < -0.4 is 10.6 Å². The zero-order valence-electron chi connectivity index (χ0n) is 12.3. The van der Waals surface area contributed by atoms with E-state index in [1.165, 1.54) is 11.1 Å². The third-order valence-electron chi connectivity index (χ3n) is 3.61. The first-order valence-corrected chi connectivity index (χ1v) is 6.75. The second-order valence-corrected chi connectivity index (χ2v) is 5.03. The van der Waals surface area contributed by atoms with E-state index in [1.54, 1.807) is 18.3 Å². The van der Waals surface area contributed by atoms with Crippen molar-refractivity contribution in [2.75, 3.05) is 0 Å². The molecule has 6 heteroatoms. The number of halogens is 2. The molecule has 0 unspecified atom stereocenters. The second kappa shape index (κ2) is 8.13. The van der Waals surface area contributed by atoms with Crippen LogP contribution in [0.2, 0.25) is 0 Å². The Balaban J connectivity index is 0.00000121. The van der Waals surface area contributed by atoms with Crippen molar-refractivity contribution in [3.8, 4) is 0 Å². The number of nitrogens with zero attached hydrogens (tertiary/aromatic N) is 1. The van der Waals surface area contributed by atoms with Gasteiger partial charge in [-0.1, -0.05) is 18.2 Å². The summed E-state index contributed by atoms with van der Waals surface area (Å²) in [4.78, 5) is 16.2. The van der Waals surface area contributed by atoms with Gasteiger partial charge < -0.3 is 10.6 Å². The highest BCUT2D eigenvalue weighted by molar-refractivity contribution is 5.95. The smallest absolute Gasteiger partial charge is 0.253 e. The Kier molecular flexibility index (Phi) is 6.81. The van der Waals surface area contributed by atoms with Gasteiger partial charge in [-0.05, 0) is 35.7 Å². The normalized spacial score (nSPS) is 11.9. The van der Waals surface area contributed by atoms with Crippen molar-refractivity contribution in [3.63, 3.8) is 0 Å². The fourth-order valence-corrected chi connectivity index (χ4v) is 2.46. The summed E-state index contributed by atoms with van der Waals surface area (Å²) in [6, 6.07) is 9.94. The number of aromatic nitrogens is 1. The minimum Gasteiger partial charge on any atom is -0.348 e. The molecule has 1 aliphatic heterocycles. The average molecular weight is 340 g/mol. The van der Waals surface area contributed by atoms with Crippen molar-refractivity contribution in [2.24, 2.45) is 0 Å². The molecular formula is C16H19Cl2N3O. The monoisotopic (exact) mass is 339 g/mol. The average Bonchev–Trinajstić information content (AvgIpc) is 2.92. The summed E-state index contributed by atoms with van der Waals surface area (Å²) in [6.07, 6.45) is 1.69. The number of carbonyl (C=O) groups is 1. The zero-order valence-corrected chi connectivity index (χ0v) is 13.9. The fourth-order valence-electron chi connectivity index (χ4n) is 2.46. The quantitative estimate of drug-likeness (QED) is 0.903. The lowest BCUT2D eigenvalue weighted by Crippen LogP contribution is -2.23. The van der Waals surface area contributed by atoms with E-state index in [2.05, 4.69) is 33.8 Å². The van der Waals surface area contributed by atoms with Gasteiger partial charge in [0.1, 0.15) is 0 Å². The molecule has 118 valence electrons. The van der Waals surface area contributed by atoms with Crippen molar-refractivity contribution in [2.45, 2.75) is 26.6 Å². The largest absolute Gasteiger partial charge is 0.348 e. The molecule has 1 aliphatic rings. The van der Waals surface area contributed by atoms with Gasteiger partial charge in [0.05, 0.1) is 5.56 Å². The first kappa shape index (κ1) is 18.4. The Hall–Kier alpha value is -1.62. The topological polar surface area (TPSA) is 54.0 Å². The molecule has 0 fully saturated rings. The van der Waals surface area contributed by atoms with Crippen molar-refractivity contribution < 1.29 is 4.79 Å². The molecule has 1 amide bonds. The van der Waals surface area contributed by atoms with Crippen molar-refractivity contribution in [3.05, 3.63) is 64.5 Å². The molecule has 0 atom stereocenters. The number of carbonyl (C=O) groups excluding carboxylic acids is 1. The van der Waals surface area contributed by atoms with Gasteiger partial charge in [0.25, 0.3) is 5.91 Å². The molecule has 0 saturated heterocycles. The zero-order chi connectivity index (χ0) is 13.9. The summed E-state index contributed by atoms with van der Waals surface area (Å²) >= 11 is 0. The number of hydrogen-bond acceptors (Lipinski definition) is 3. The number of amides is 1.